The van der Waals surface area contributed by atoms with Gasteiger partial charge in [0.15, 0.2) is 0 Å². The monoisotopic (exact) mass is 473 g/mol. The Morgan fingerprint density at radius 1 is 0.941 bits per heavy atom. The lowest BCUT2D eigenvalue weighted by Crippen LogP contribution is -2.50. The maximum Gasteiger partial charge on any atom is -0.0171 e. The second-order valence-electron chi connectivity index (χ2n) is 14.9. The second-order valence-corrected chi connectivity index (χ2v) is 14.9. The van der Waals surface area contributed by atoms with Crippen LogP contribution in [0.4, 0.5) is 0 Å². The Labute approximate surface area is 216 Å². The van der Waals surface area contributed by atoms with E-state index in [1.165, 1.54) is 57.8 Å². The molecule has 0 aromatic heterocycles. The van der Waals surface area contributed by atoms with E-state index in [1.54, 1.807) is 19.3 Å². The van der Waals surface area contributed by atoms with E-state index in [9.17, 15) is 0 Å². The third-order valence-electron chi connectivity index (χ3n) is 12.8. The van der Waals surface area contributed by atoms with E-state index in [4.69, 9.17) is 0 Å². The predicted octanol–water partition coefficient (Wildman–Crippen LogP) is 11.2. The van der Waals surface area contributed by atoms with Crippen molar-refractivity contribution in [1.82, 2.24) is 0 Å². The molecule has 0 aromatic rings. The molecule has 4 aliphatic rings. The summed E-state index contributed by atoms with van der Waals surface area (Å²) in [5.74, 6) is 6.84. The summed E-state index contributed by atoms with van der Waals surface area (Å²) in [6.07, 6.45) is 17.8. The van der Waals surface area contributed by atoms with E-state index >= 15 is 0 Å². The molecule has 0 aromatic carbocycles. The van der Waals surface area contributed by atoms with E-state index in [2.05, 4.69) is 62.3 Å². The van der Waals surface area contributed by atoms with Crippen LogP contribution in [0.25, 0.3) is 0 Å². The number of rotatable bonds is 9. The molecule has 9 atom stereocenters. The van der Waals surface area contributed by atoms with Gasteiger partial charge in [-0.15, -0.1) is 0 Å². The van der Waals surface area contributed by atoms with Crippen LogP contribution in [0, 0.1) is 63.1 Å². The van der Waals surface area contributed by atoms with Crippen LogP contribution in [0.3, 0.4) is 0 Å². The lowest BCUT2D eigenvalue weighted by molar-refractivity contribution is -0.0806. The van der Waals surface area contributed by atoms with Gasteiger partial charge in [0.2, 0.25) is 0 Å². The van der Waals surface area contributed by atoms with Crippen molar-refractivity contribution in [2.24, 2.45) is 63.1 Å². The van der Waals surface area contributed by atoms with Crippen LogP contribution in [-0.2, 0) is 0 Å². The first kappa shape index (κ1) is 28.6. The van der Waals surface area contributed by atoms with Gasteiger partial charge in [-0.25, -0.2) is 0 Å². The molecule has 0 aliphatic heterocycles. The largest absolute Gasteiger partial charge is 0.0683 e. The van der Waals surface area contributed by atoms with Gasteiger partial charge in [-0.1, -0.05) is 115 Å². The maximum absolute atomic E-state index is 2.83. The summed E-state index contributed by atoms with van der Waals surface area (Å²) in [7, 11) is 0. The minimum absolute atomic E-state index is 0.485. The highest BCUT2D eigenvalue weighted by molar-refractivity contribution is 5.31. The van der Waals surface area contributed by atoms with Crippen molar-refractivity contribution in [3.8, 4) is 0 Å². The van der Waals surface area contributed by atoms with Crippen molar-refractivity contribution < 1.29 is 0 Å². The fourth-order valence-electron chi connectivity index (χ4n) is 11.5. The number of hydrogen-bond acceptors (Lipinski definition) is 0. The highest BCUT2D eigenvalue weighted by Crippen LogP contribution is 2.89. The Morgan fingerprint density at radius 2 is 1.62 bits per heavy atom. The highest BCUT2D eigenvalue weighted by atomic mass is 14.9. The van der Waals surface area contributed by atoms with Gasteiger partial charge in [-0.05, 0) is 102 Å². The van der Waals surface area contributed by atoms with Gasteiger partial charge in [0.1, 0.15) is 0 Å². The minimum Gasteiger partial charge on any atom is -0.0683 e. The highest BCUT2D eigenvalue weighted by Gasteiger charge is 2.84. The summed E-state index contributed by atoms with van der Waals surface area (Å²) in [4.78, 5) is 0. The van der Waals surface area contributed by atoms with Gasteiger partial charge in [-0.3, -0.25) is 0 Å². The lowest BCUT2D eigenvalue weighted by atomic mass is 9.48. The molecule has 0 radical (unpaired) electrons. The van der Waals surface area contributed by atoms with Crippen molar-refractivity contribution in [3.63, 3.8) is 0 Å². The fraction of sp³-hybridized carbons (Fsp3) is 1.00. The number of unbranched alkanes of at least 4 members (excludes halogenated alkanes) is 1. The third kappa shape index (κ3) is 4.16. The quantitative estimate of drug-likeness (QED) is 0.293. The summed E-state index contributed by atoms with van der Waals surface area (Å²) >= 11 is 0. The summed E-state index contributed by atoms with van der Waals surface area (Å²) in [5, 5.41) is 0. The van der Waals surface area contributed by atoms with Crippen LogP contribution >= 0.6 is 0 Å². The zero-order valence-electron chi connectivity index (χ0n) is 25.5. The molecule has 4 fully saturated rings. The first-order chi connectivity index (χ1) is 16.0. The van der Waals surface area contributed by atoms with Gasteiger partial charge in [0, 0.05) is 0 Å². The van der Waals surface area contributed by atoms with E-state index in [-0.39, 0.29) is 0 Å². The van der Waals surface area contributed by atoms with Crippen LogP contribution < -0.4 is 0 Å². The molecule has 9 unspecified atom stereocenters. The normalized spacial score (nSPS) is 45.2. The van der Waals surface area contributed by atoms with E-state index in [0.29, 0.717) is 16.2 Å². The maximum atomic E-state index is 2.83. The van der Waals surface area contributed by atoms with Crippen molar-refractivity contribution in [2.75, 3.05) is 0 Å². The molecule has 4 saturated carbocycles. The molecule has 0 nitrogen and oxygen atoms in total. The Bertz CT molecular complexity index is 659. The molecular formula is C34H64. The average Bonchev–Trinajstić information content (AvgIpc) is 3.12. The van der Waals surface area contributed by atoms with E-state index in [0.717, 1.165) is 46.8 Å². The molecule has 200 valence electrons. The minimum atomic E-state index is 0.485. The van der Waals surface area contributed by atoms with Crippen LogP contribution in [0.1, 0.15) is 153 Å². The van der Waals surface area contributed by atoms with Crippen LogP contribution in [0.2, 0.25) is 0 Å². The standard InChI is InChI=1S/C32H58.C2H6/c1-10-19-30(8)25(29(6,7)11-2)16-17-26-31(9)27(30)21-23(5)28-24(18-20-32(26,28)31)15-13-12-14-22(3)4;1-2/h22-28H,10-21H2,1-9H3;1-2H3. The second kappa shape index (κ2) is 10.4. The lowest BCUT2D eigenvalue weighted by Gasteiger charge is -2.56. The molecule has 4 rings (SSSR count). The first-order valence-electron chi connectivity index (χ1n) is 16.0. The van der Waals surface area contributed by atoms with Crippen molar-refractivity contribution in [1.29, 1.82) is 0 Å². The summed E-state index contributed by atoms with van der Waals surface area (Å²) < 4.78 is 0. The first-order valence-corrected chi connectivity index (χ1v) is 16.0. The zero-order valence-corrected chi connectivity index (χ0v) is 25.5. The number of hydrogen-bond donors (Lipinski definition) is 0. The van der Waals surface area contributed by atoms with Gasteiger partial charge >= 0.3 is 0 Å². The molecule has 0 N–H and O–H groups in total. The molecule has 34 heavy (non-hydrogen) atoms. The Balaban J connectivity index is 0.00000158. The predicted molar refractivity (Wildman–Crippen MR) is 152 cm³/mol. The summed E-state index contributed by atoms with van der Waals surface area (Å²) in [6, 6.07) is 0. The van der Waals surface area contributed by atoms with Gasteiger partial charge < -0.3 is 0 Å². The Kier molecular flexibility index (Phi) is 8.74. The van der Waals surface area contributed by atoms with Crippen LogP contribution in [0.5, 0.6) is 0 Å². The molecule has 0 bridgehead atoms. The Hall–Kier alpha value is 0. The molecule has 0 saturated heterocycles. The summed E-state index contributed by atoms with van der Waals surface area (Å²) in [6.45, 7) is 27.3. The van der Waals surface area contributed by atoms with Crippen molar-refractivity contribution >= 4 is 0 Å². The smallest absolute Gasteiger partial charge is 0.0171 e. The molecular weight excluding hydrogens is 408 g/mol. The summed E-state index contributed by atoms with van der Waals surface area (Å²) in [5.41, 5.74) is 2.41. The third-order valence-corrected chi connectivity index (χ3v) is 12.8. The molecule has 1 spiro atoms. The zero-order chi connectivity index (χ0) is 25.5. The average molecular weight is 473 g/mol. The van der Waals surface area contributed by atoms with Gasteiger partial charge in [0.25, 0.3) is 0 Å². The van der Waals surface area contributed by atoms with E-state index in [1.807, 2.05) is 13.8 Å². The topological polar surface area (TPSA) is 0 Å². The SMILES string of the molecule is CC.CCCC1(C)C(C(C)(C)CC)CCC2C3(C)C1CC(C)C1C(CCCCC(C)C)CCC123. The fourth-order valence-corrected chi connectivity index (χ4v) is 11.5. The molecule has 0 heteroatoms. The van der Waals surface area contributed by atoms with Crippen LogP contribution in [0.15, 0.2) is 0 Å². The van der Waals surface area contributed by atoms with Gasteiger partial charge in [-0.2, -0.15) is 0 Å². The molecule has 0 heterocycles. The van der Waals surface area contributed by atoms with E-state index < -0.39 is 0 Å². The molecule has 4 aliphatic carbocycles. The van der Waals surface area contributed by atoms with Crippen molar-refractivity contribution in [2.45, 2.75) is 153 Å². The van der Waals surface area contributed by atoms with Crippen LogP contribution in [-0.4, -0.2) is 0 Å². The Morgan fingerprint density at radius 3 is 2.21 bits per heavy atom. The van der Waals surface area contributed by atoms with Gasteiger partial charge in [0.05, 0.1) is 0 Å². The molecule has 0 amide bonds. The van der Waals surface area contributed by atoms with Crippen molar-refractivity contribution in [3.05, 3.63) is 0 Å².